The highest BCUT2D eigenvalue weighted by Gasteiger charge is 2.12. The molecule has 0 aliphatic carbocycles. The van der Waals surface area contributed by atoms with Crippen LogP contribution in [0.15, 0.2) is 48.5 Å². The van der Waals surface area contributed by atoms with Crippen molar-refractivity contribution in [3.63, 3.8) is 0 Å². The Morgan fingerprint density at radius 3 is 2.25 bits per heavy atom. The zero-order valence-corrected chi connectivity index (χ0v) is 12.2. The lowest BCUT2D eigenvalue weighted by atomic mass is 9.98. The number of hydrogen-bond donors (Lipinski definition) is 1. The molecule has 0 saturated carbocycles. The Bertz CT molecular complexity index is 768. The minimum atomic E-state index is 0. The van der Waals surface area contributed by atoms with Gasteiger partial charge in [-0.15, -0.1) is 12.4 Å². The maximum Gasteiger partial charge on any atom is 0.124 e. The zero-order valence-electron chi connectivity index (χ0n) is 11.4. The van der Waals surface area contributed by atoms with Crippen LogP contribution in [-0.2, 0) is 0 Å². The van der Waals surface area contributed by atoms with Crippen molar-refractivity contribution in [1.82, 2.24) is 4.98 Å². The van der Waals surface area contributed by atoms with Crippen molar-refractivity contribution in [3.8, 4) is 17.0 Å². The Labute approximate surface area is 124 Å². The Hall–Kier alpha value is -2.06. The number of halogens is 1. The highest BCUT2D eigenvalue weighted by Crippen LogP contribution is 2.33. The first-order chi connectivity index (χ1) is 9.18. The number of rotatable bonds is 1. The molecule has 0 aliphatic heterocycles. The van der Waals surface area contributed by atoms with E-state index in [0.717, 1.165) is 22.3 Å². The molecule has 0 fully saturated rings. The first-order valence-corrected chi connectivity index (χ1v) is 6.33. The lowest BCUT2D eigenvalue weighted by molar-refractivity contribution is 0.477. The minimum Gasteiger partial charge on any atom is -0.507 e. The molecule has 2 aromatic carbocycles. The minimum absolute atomic E-state index is 0. The summed E-state index contributed by atoms with van der Waals surface area (Å²) in [4.78, 5) is 4.71. The van der Waals surface area contributed by atoms with E-state index in [1.807, 2.05) is 36.4 Å². The van der Waals surface area contributed by atoms with E-state index >= 15 is 0 Å². The summed E-state index contributed by atoms with van der Waals surface area (Å²) < 4.78 is 0. The van der Waals surface area contributed by atoms with Crippen LogP contribution >= 0.6 is 12.4 Å². The lowest BCUT2D eigenvalue weighted by Crippen LogP contribution is -1.94. The fraction of sp³-hybridized carbons (Fsp3) is 0.118. The molecule has 0 saturated heterocycles. The van der Waals surface area contributed by atoms with Crippen molar-refractivity contribution >= 4 is 23.3 Å². The molecule has 0 radical (unpaired) electrons. The molecular weight excluding hydrogens is 270 g/mol. The number of hydrogen-bond acceptors (Lipinski definition) is 2. The van der Waals surface area contributed by atoms with Crippen LogP contribution in [0.25, 0.3) is 22.2 Å². The Kier molecular flexibility index (Phi) is 3.96. The number of phenols is 1. The molecule has 1 aromatic heterocycles. The normalized spacial score (nSPS) is 10.3. The molecule has 0 amide bonds. The predicted octanol–water partition coefficient (Wildman–Crippen LogP) is 4.65. The number of aromatic hydroxyl groups is 1. The fourth-order valence-corrected chi connectivity index (χ4v) is 2.41. The first-order valence-electron chi connectivity index (χ1n) is 6.33. The van der Waals surface area contributed by atoms with Crippen molar-refractivity contribution in [2.24, 2.45) is 0 Å². The summed E-state index contributed by atoms with van der Waals surface area (Å²) in [5.41, 5.74) is 4.93. The third kappa shape index (κ3) is 2.23. The van der Waals surface area contributed by atoms with Gasteiger partial charge in [-0.1, -0.05) is 30.3 Å². The SMILES string of the molecule is Cc1c(-c2ccccc2O)nc2ccccc2c1C.Cl. The first kappa shape index (κ1) is 14.4. The molecule has 3 heteroatoms. The summed E-state index contributed by atoms with van der Waals surface area (Å²) in [5.74, 6) is 0.271. The molecule has 102 valence electrons. The van der Waals surface area contributed by atoms with Crippen LogP contribution < -0.4 is 0 Å². The summed E-state index contributed by atoms with van der Waals surface area (Å²) in [6, 6.07) is 15.4. The van der Waals surface area contributed by atoms with Gasteiger partial charge in [0.1, 0.15) is 5.75 Å². The number of fused-ring (bicyclic) bond motifs is 1. The molecule has 3 aromatic rings. The van der Waals surface area contributed by atoms with Gasteiger partial charge in [0.2, 0.25) is 0 Å². The summed E-state index contributed by atoms with van der Waals surface area (Å²) >= 11 is 0. The second-order valence-electron chi connectivity index (χ2n) is 4.74. The maximum atomic E-state index is 10.0. The van der Waals surface area contributed by atoms with E-state index in [1.165, 1.54) is 10.9 Å². The number of aryl methyl sites for hydroxylation is 1. The predicted molar refractivity (Wildman–Crippen MR) is 85.6 cm³/mol. The van der Waals surface area contributed by atoms with E-state index in [9.17, 15) is 5.11 Å². The third-order valence-electron chi connectivity index (χ3n) is 3.62. The molecular formula is C17H16ClNO. The van der Waals surface area contributed by atoms with E-state index in [-0.39, 0.29) is 18.2 Å². The zero-order chi connectivity index (χ0) is 13.4. The van der Waals surface area contributed by atoms with Crippen LogP contribution in [0.5, 0.6) is 5.75 Å². The van der Waals surface area contributed by atoms with E-state index in [0.29, 0.717) is 0 Å². The molecule has 0 aliphatic rings. The van der Waals surface area contributed by atoms with Crippen molar-refractivity contribution < 1.29 is 5.11 Å². The van der Waals surface area contributed by atoms with Crippen molar-refractivity contribution in [2.45, 2.75) is 13.8 Å². The van der Waals surface area contributed by atoms with Gasteiger partial charge in [-0.25, -0.2) is 4.98 Å². The van der Waals surface area contributed by atoms with Crippen molar-refractivity contribution in [3.05, 3.63) is 59.7 Å². The van der Waals surface area contributed by atoms with Crippen molar-refractivity contribution in [1.29, 1.82) is 0 Å². The molecule has 0 spiro atoms. The molecule has 20 heavy (non-hydrogen) atoms. The van der Waals surface area contributed by atoms with Crippen LogP contribution in [-0.4, -0.2) is 10.1 Å². The average molecular weight is 286 g/mol. The van der Waals surface area contributed by atoms with Gasteiger partial charge >= 0.3 is 0 Å². The number of benzene rings is 2. The number of phenolic OH excluding ortho intramolecular Hbond substituents is 1. The van der Waals surface area contributed by atoms with E-state index in [2.05, 4.69) is 19.9 Å². The number of pyridine rings is 1. The van der Waals surface area contributed by atoms with Crippen LogP contribution in [0.3, 0.4) is 0 Å². The lowest BCUT2D eigenvalue weighted by Gasteiger charge is -2.12. The highest BCUT2D eigenvalue weighted by molar-refractivity contribution is 5.87. The molecule has 0 atom stereocenters. The van der Waals surface area contributed by atoms with Gasteiger partial charge in [0.25, 0.3) is 0 Å². The summed E-state index contributed by atoms with van der Waals surface area (Å²) in [6.07, 6.45) is 0. The van der Waals surface area contributed by atoms with Crippen LogP contribution in [0.4, 0.5) is 0 Å². The van der Waals surface area contributed by atoms with Crippen molar-refractivity contribution in [2.75, 3.05) is 0 Å². The largest absolute Gasteiger partial charge is 0.507 e. The maximum absolute atomic E-state index is 10.0. The van der Waals surface area contributed by atoms with Crippen LogP contribution in [0.2, 0.25) is 0 Å². The molecule has 0 unspecified atom stereocenters. The van der Waals surface area contributed by atoms with E-state index in [4.69, 9.17) is 4.98 Å². The Morgan fingerprint density at radius 2 is 1.50 bits per heavy atom. The number of aromatic nitrogens is 1. The quantitative estimate of drug-likeness (QED) is 0.706. The second-order valence-corrected chi connectivity index (χ2v) is 4.74. The van der Waals surface area contributed by atoms with E-state index in [1.54, 1.807) is 6.07 Å². The summed E-state index contributed by atoms with van der Waals surface area (Å²) in [6.45, 7) is 4.15. The highest BCUT2D eigenvalue weighted by atomic mass is 35.5. The standard InChI is InChI=1S/C17H15NO.ClH/c1-11-12(2)17(14-8-4-6-10-16(14)19)18-15-9-5-3-7-13(11)15;/h3-10,19H,1-2H3;1H. The monoisotopic (exact) mass is 285 g/mol. The Morgan fingerprint density at radius 1 is 0.850 bits per heavy atom. The van der Waals surface area contributed by atoms with Gasteiger partial charge in [0.05, 0.1) is 11.2 Å². The number of nitrogens with zero attached hydrogens (tertiary/aromatic N) is 1. The second kappa shape index (κ2) is 5.51. The topological polar surface area (TPSA) is 33.1 Å². The molecule has 1 N–H and O–H groups in total. The van der Waals surface area contributed by atoms with Gasteiger partial charge < -0.3 is 5.11 Å². The smallest absolute Gasteiger partial charge is 0.124 e. The molecule has 1 heterocycles. The van der Waals surface area contributed by atoms with Gasteiger partial charge in [-0.3, -0.25) is 0 Å². The van der Waals surface area contributed by atoms with Gasteiger partial charge in [-0.05, 0) is 43.2 Å². The third-order valence-corrected chi connectivity index (χ3v) is 3.62. The van der Waals surface area contributed by atoms with Crippen LogP contribution in [0, 0.1) is 13.8 Å². The van der Waals surface area contributed by atoms with Crippen LogP contribution in [0.1, 0.15) is 11.1 Å². The van der Waals surface area contributed by atoms with Gasteiger partial charge in [0, 0.05) is 10.9 Å². The fourth-order valence-electron chi connectivity index (χ4n) is 2.41. The molecule has 2 nitrogen and oxygen atoms in total. The Balaban J connectivity index is 0.00000147. The summed E-state index contributed by atoms with van der Waals surface area (Å²) in [5, 5.41) is 11.2. The van der Waals surface area contributed by atoms with Gasteiger partial charge in [-0.2, -0.15) is 0 Å². The molecule has 3 rings (SSSR count). The average Bonchev–Trinajstić information content (AvgIpc) is 2.44. The van der Waals surface area contributed by atoms with Gasteiger partial charge in [0.15, 0.2) is 0 Å². The molecule has 0 bridgehead atoms. The number of para-hydroxylation sites is 2. The summed E-state index contributed by atoms with van der Waals surface area (Å²) in [7, 11) is 0. The van der Waals surface area contributed by atoms with E-state index < -0.39 is 0 Å².